The molecule has 1 aliphatic rings. The van der Waals surface area contributed by atoms with E-state index < -0.39 is 5.97 Å². The van der Waals surface area contributed by atoms with Gasteiger partial charge in [0.05, 0.1) is 23.6 Å². The SMILES string of the molecule is COc1ccc(C(C)=O)cc1COC(=O)c1ccc2c(=O)n3c(nc2c1)CCCCC3. The van der Waals surface area contributed by atoms with E-state index in [0.29, 0.717) is 39.9 Å². The van der Waals surface area contributed by atoms with Gasteiger partial charge in [0.15, 0.2) is 5.78 Å². The largest absolute Gasteiger partial charge is 0.496 e. The molecule has 1 aliphatic heterocycles. The molecule has 1 aromatic heterocycles. The van der Waals surface area contributed by atoms with Crippen LogP contribution < -0.4 is 10.3 Å². The van der Waals surface area contributed by atoms with Crippen molar-refractivity contribution in [1.29, 1.82) is 0 Å². The second-order valence-electron chi connectivity index (χ2n) is 7.69. The molecule has 3 aromatic rings. The molecule has 4 rings (SSSR count). The van der Waals surface area contributed by atoms with Crippen LogP contribution in [0.3, 0.4) is 0 Å². The van der Waals surface area contributed by atoms with Crippen molar-refractivity contribution < 1.29 is 19.1 Å². The first-order valence-electron chi connectivity index (χ1n) is 10.4. The molecule has 0 N–H and O–H groups in total. The van der Waals surface area contributed by atoms with E-state index in [1.807, 2.05) is 0 Å². The first-order valence-corrected chi connectivity index (χ1v) is 10.4. The van der Waals surface area contributed by atoms with Crippen LogP contribution in [-0.4, -0.2) is 28.4 Å². The van der Waals surface area contributed by atoms with Gasteiger partial charge in [-0.1, -0.05) is 6.42 Å². The number of carbonyl (C=O) groups excluding carboxylic acids is 2. The minimum absolute atomic E-state index is 0.0402. The second kappa shape index (κ2) is 8.71. The first-order chi connectivity index (χ1) is 15.0. The summed E-state index contributed by atoms with van der Waals surface area (Å²) in [5.74, 6) is 0.690. The quantitative estimate of drug-likeness (QED) is 0.462. The zero-order valence-corrected chi connectivity index (χ0v) is 17.6. The summed E-state index contributed by atoms with van der Waals surface area (Å²) in [4.78, 5) is 41.8. The van der Waals surface area contributed by atoms with Crippen molar-refractivity contribution in [3.05, 3.63) is 69.3 Å². The topological polar surface area (TPSA) is 87.5 Å². The number of aryl methyl sites for hydroxylation is 1. The van der Waals surface area contributed by atoms with Crippen LogP contribution in [0.15, 0.2) is 41.2 Å². The van der Waals surface area contributed by atoms with Crippen LogP contribution >= 0.6 is 0 Å². The monoisotopic (exact) mass is 420 g/mol. The van der Waals surface area contributed by atoms with Gasteiger partial charge in [0.1, 0.15) is 18.2 Å². The number of aromatic nitrogens is 2. The lowest BCUT2D eigenvalue weighted by Gasteiger charge is -2.12. The van der Waals surface area contributed by atoms with Crippen molar-refractivity contribution in [2.45, 2.75) is 45.8 Å². The number of fused-ring (bicyclic) bond motifs is 2. The number of ketones is 1. The summed E-state index contributed by atoms with van der Waals surface area (Å²) in [6.45, 7) is 2.12. The third-order valence-electron chi connectivity index (χ3n) is 5.60. The number of ether oxygens (including phenoxy) is 2. The molecule has 7 nitrogen and oxygen atoms in total. The van der Waals surface area contributed by atoms with Crippen LogP contribution in [0, 0.1) is 0 Å². The highest BCUT2D eigenvalue weighted by Gasteiger charge is 2.17. The van der Waals surface area contributed by atoms with Crippen LogP contribution in [0.25, 0.3) is 10.9 Å². The molecular weight excluding hydrogens is 396 g/mol. The second-order valence-corrected chi connectivity index (χ2v) is 7.69. The predicted molar refractivity (Wildman–Crippen MR) is 116 cm³/mol. The van der Waals surface area contributed by atoms with Gasteiger partial charge in [0.25, 0.3) is 5.56 Å². The summed E-state index contributed by atoms with van der Waals surface area (Å²) in [7, 11) is 1.52. The van der Waals surface area contributed by atoms with Crippen LogP contribution in [-0.2, 0) is 24.3 Å². The molecule has 2 heterocycles. The van der Waals surface area contributed by atoms with E-state index in [9.17, 15) is 14.4 Å². The van der Waals surface area contributed by atoms with Crippen molar-refractivity contribution >= 4 is 22.7 Å². The molecule has 31 heavy (non-hydrogen) atoms. The number of carbonyl (C=O) groups is 2. The fraction of sp³-hybridized carbons (Fsp3) is 0.333. The smallest absolute Gasteiger partial charge is 0.338 e. The fourth-order valence-corrected chi connectivity index (χ4v) is 3.88. The third-order valence-corrected chi connectivity index (χ3v) is 5.60. The minimum Gasteiger partial charge on any atom is -0.496 e. The average Bonchev–Trinajstić information content (AvgIpc) is 3.02. The molecule has 7 heteroatoms. The lowest BCUT2D eigenvalue weighted by Crippen LogP contribution is -2.24. The van der Waals surface area contributed by atoms with Crippen molar-refractivity contribution in [2.24, 2.45) is 0 Å². The van der Waals surface area contributed by atoms with Gasteiger partial charge in [0.2, 0.25) is 0 Å². The van der Waals surface area contributed by atoms with E-state index in [0.717, 1.165) is 31.5 Å². The van der Waals surface area contributed by atoms with Gasteiger partial charge < -0.3 is 9.47 Å². The number of hydrogen-bond donors (Lipinski definition) is 0. The number of Topliss-reactive ketones (excluding diaryl/α,β-unsaturated/α-hetero) is 1. The standard InChI is InChI=1S/C24H24N2O5/c1-15(27)16-8-10-21(30-2)18(12-16)14-31-24(29)17-7-9-19-20(13-17)25-22-6-4-3-5-11-26(22)23(19)28/h7-10,12-13H,3-6,11,14H2,1-2H3. The van der Waals surface area contributed by atoms with Crippen LogP contribution in [0.2, 0.25) is 0 Å². The summed E-state index contributed by atoms with van der Waals surface area (Å²) in [5.41, 5.74) is 1.88. The van der Waals surface area contributed by atoms with E-state index in [1.165, 1.54) is 14.0 Å². The van der Waals surface area contributed by atoms with Gasteiger partial charge in [0, 0.05) is 24.1 Å². The van der Waals surface area contributed by atoms with E-state index in [4.69, 9.17) is 9.47 Å². The molecule has 0 saturated carbocycles. The summed E-state index contributed by atoms with van der Waals surface area (Å²) in [6, 6.07) is 9.83. The van der Waals surface area contributed by atoms with Gasteiger partial charge in [-0.15, -0.1) is 0 Å². The Hall–Kier alpha value is -3.48. The third kappa shape index (κ3) is 4.21. The van der Waals surface area contributed by atoms with E-state index in [2.05, 4.69) is 4.98 Å². The van der Waals surface area contributed by atoms with E-state index in [1.54, 1.807) is 41.0 Å². The molecule has 0 amide bonds. The minimum atomic E-state index is -0.533. The van der Waals surface area contributed by atoms with Crippen molar-refractivity contribution in [3.63, 3.8) is 0 Å². The predicted octanol–water partition coefficient (Wildman–Crippen LogP) is 3.69. The normalized spacial score (nSPS) is 13.4. The Kier molecular flexibility index (Phi) is 5.84. The van der Waals surface area contributed by atoms with Crippen LogP contribution in [0.4, 0.5) is 0 Å². The van der Waals surface area contributed by atoms with Crippen molar-refractivity contribution in [2.75, 3.05) is 7.11 Å². The Morgan fingerprint density at radius 3 is 2.65 bits per heavy atom. The Labute approximate surface area is 179 Å². The Balaban J connectivity index is 1.59. The molecule has 0 aliphatic carbocycles. The van der Waals surface area contributed by atoms with E-state index >= 15 is 0 Å². The summed E-state index contributed by atoms with van der Waals surface area (Å²) in [6.07, 6.45) is 3.80. The molecule has 0 spiro atoms. The Bertz CT molecular complexity index is 1230. The molecule has 0 fully saturated rings. The fourth-order valence-electron chi connectivity index (χ4n) is 3.88. The van der Waals surface area contributed by atoms with Crippen LogP contribution in [0.1, 0.15) is 58.3 Å². The van der Waals surface area contributed by atoms with Gasteiger partial charge in [-0.25, -0.2) is 9.78 Å². The molecule has 0 atom stereocenters. The number of rotatable bonds is 5. The summed E-state index contributed by atoms with van der Waals surface area (Å²) in [5, 5.41) is 0.498. The number of methoxy groups -OCH3 is 1. The highest BCUT2D eigenvalue weighted by Crippen LogP contribution is 2.22. The van der Waals surface area contributed by atoms with Crippen LogP contribution in [0.5, 0.6) is 5.75 Å². The molecule has 0 saturated heterocycles. The maximum atomic E-state index is 12.8. The molecule has 0 unspecified atom stereocenters. The first kappa shape index (κ1) is 20.8. The lowest BCUT2D eigenvalue weighted by molar-refractivity contribution is 0.0470. The zero-order valence-electron chi connectivity index (χ0n) is 17.6. The zero-order chi connectivity index (χ0) is 22.0. The van der Waals surface area contributed by atoms with Gasteiger partial charge in [-0.05, 0) is 56.2 Å². The van der Waals surface area contributed by atoms with Gasteiger partial charge >= 0.3 is 5.97 Å². The van der Waals surface area contributed by atoms with Gasteiger partial charge in [-0.2, -0.15) is 0 Å². The molecular formula is C24H24N2O5. The van der Waals surface area contributed by atoms with Crippen molar-refractivity contribution in [1.82, 2.24) is 9.55 Å². The van der Waals surface area contributed by atoms with Crippen molar-refractivity contribution in [3.8, 4) is 5.75 Å². The molecule has 160 valence electrons. The summed E-state index contributed by atoms with van der Waals surface area (Å²) >= 11 is 0. The average molecular weight is 420 g/mol. The van der Waals surface area contributed by atoms with E-state index in [-0.39, 0.29) is 17.9 Å². The highest BCUT2D eigenvalue weighted by molar-refractivity contribution is 5.95. The number of esters is 1. The summed E-state index contributed by atoms with van der Waals surface area (Å²) < 4.78 is 12.5. The lowest BCUT2D eigenvalue weighted by atomic mass is 10.1. The molecule has 2 aromatic carbocycles. The number of benzene rings is 2. The maximum absolute atomic E-state index is 12.8. The highest BCUT2D eigenvalue weighted by atomic mass is 16.5. The maximum Gasteiger partial charge on any atom is 0.338 e. The Morgan fingerprint density at radius 1 is 1.06 bits per heavy atom. The number of hydrogen-bond acceptors (Lipinski definition) is 6. The molecule has 0 bridgehead atoms. The Morgan fingerprint density at radius 2 is 1.87 bits per heavy atom. The molecule has 0 radical (unpaired) electrons. The van der Waals surface area contributed by atoms with Gasteiger partial charge in [-0.3, -0.25) is 14.2 Å². The number of nitrogens with zero attached hydrogens (tertiary/aromatic N) is 2.